The molecule has 0 fully saturated rings. The van der Waals surface area contributed by atoms with Gasteiger partial charge < -0.3 is 4.57 Å². The first kappa shape index (κ1) is 6.55. The minimum Gasteiger partial charge on any atom is -0.317 e. The summed E-state index contributed by atoms with van der Waals surface area (Å²) in [5.74, 6) is 0. The average molecular weight is 187 g/mol. The van der Waals surface area contributed by atoms with Crippen molar-refractivity contribution >= 4 is 15.9 Å². The molecule has 0 aliphatic heterocycles. The van der Waals surface area contributed by atoms with Gasteiger partial charge in [-0.05, 0) is 22.0 Å². The van der Waals surface area contributed by atoms with E-state index in [1.54, 1.807) is 19.3 Å². The van der Waals surface area contributed by atoms with Crippen LogP contribution in [0.15, 0.2) is 21.5 Å². The molecule has 0 unspecified atom stereocenters. The van der Waals surface area contributed by atoms with Crippen LogP contribution in [-0.4, -0.2) is 4.57 Å². The van der Waals surface area contributed by atoms with Crippen molar-refractivity contribution in [3.63, 3.8) is 0 Å². The molecule has 0 bridgehead atoms. The fourth-order valence-electron chi connectivity index (χ4n) is 0.513. The topological polar surface area (TPSA) is 22.0 Å². The standard InChI is InChI=1S/C6H5BrNO/c1-8-4-5(7)2-3-6(8)9/h2,4H,1H3. The van der Waals surface area contributed by atoms with Gasteiger partial charge in [0.1, 0.15) is 0 Å². The molecule has 1 radical (unpaired) electrons. The SMILES string of the molecule is Cn1cc(Br)c[c]c1=O. The lowest BCUT2D eigenvalue weighted by atomic mass is 10.5. The maximum atomic E-state index is 10.7. The van der Waals surface area contributed by atoms with E-state index in [-0.39, 0.29) is 5.56 Å². The quantitative estimate of drug-likeness (QED) is 0.592. The van der Waals surface area contributed by atoms with E-state index >= 15 is 0 Å². The van der Waals surface area contributed by atoms with Crippen molar-refractivity contribution in [1.29, 1.82) is 0 Å². The van der Waals surface area contributed by atoms with Gasteiger partial charge >= 0.3 is 0 Å². The van der Waals surface area contributed by atoms with E-state index < -0.39 is 0 Å². The monoisotopic (exact) mass is 186 g/mol. The maximum Gasteiger partial charge on any atom is 0.258 e. The highest BCUT2D eigenvalue weighted by molar-refractivity contribution is 9.10. The predicted molar refractivity (Wildman–Crippen MR) is 38.2 cm³/mol. The van der Waals surface area contributed by atoms with Crippen LogP contribution in [-0.2, 0) is 7.05 Å². The van der Waals surface area contributed by atoms with Crippen molar-refractivity contribution in [1.82, 2.24) is 4.57 Å². The summed E-state index contributed by atoms with van der Waals surface area (Å²) in [6, 6.07) is 4.13. The van der Waals surface area contributed by atoms with E-state index in [0.29, 0.717) is 0 Å². The van der Waals surface area contributed by atoms with E-state index in [1.807, 2.05) is 0 Å². The molecule has 3 heteroatoms. The molecule has 0 saturated carbocycles. The third kappa shape index (κ3) is 1.42. The fourth-order valence-corrected chi connectivity index (χ4v) is 0.935. The second-order valence-corrected chi connectivity index (χ2v) is 2.63. The first-order chi connectivity index (χ1) is 4.20. The number of rotatable bonds is 0. The fraction of sp³-hybridized carbons (Fsp3) is 0.167. The summed E-state index contributed by atoms with van der Waals surface area (Å²) in [6.07, 6.45) is 1.69. The largest absolute Gasteiger partial charge is 0.317 e. The van der Waals surface area contributed by atoms with Crippen LogP contribution < -0.4 is 5.56 Å². The molecule has 0 atom stereocenters. The Morgan fingerprint density at radius 3 is 2.89 bits per heavy atom. The molecule has 47 valence electrons. The van der Waals surface area contributed by atoms with Gasteiger partial charge in [0.05, 0.1) is 6.07 Å². The Morgan fingerprint density at radius 1 is 1.78 bits per heavy atom. The van der Waals surface area contributed by atoms with E-state index in [0.717, 1.165) is 4.47 Å². The number of hydrogen-bond donors (Lipinski definition) is 0. The van der Waals surface area contributed by atoms with E-state index in [4.69, 9.17) is 0 Å². The van der Waals surface area contributed by atoms with Crippen LogP contribution in [0.25, 0.3) is 0 Å². The molecule has 2 nitrogen and oxygen atoms in total. The van der Waals surface area contributed by atoms with Gasteiger partial charge in [0.2, 0.25) is 0 Å². The summed E-state index contributed by atoms with van der Waals surface area (Å²) in [4.78, 5) is 10.7. The Balaban J connectivity index is 3.34. The molecular formula is C6H5BrNO. The number of aryl methyl sites for hydroxylation is 1. The highest BCUT2D eigenvalue weighted by Crippen LogP contribution is 2.02. The number of nitrogens with zero attached hydrogens (tertiary/aromatic N) is 1. The number of pyridine rings is 1. The lowest BCUT2D eigenvalue weighted by molar-refractivity contribution is 0.853. The second-order valence-electron chi connectivity index (χ2n) is 1.72. The minimum atomic E-state index is -0.113. The molecular weight excluding hydrogens is 182 g/mol. The Labute approximate surface area is 61.3 Å². The van der Waals surface area contributed by atoms with E-state index in [9.17, 15) is 4.79 Å². The Bertz CT molecular complexity index is 266. The Morgan fingerprint density at radius 2 is 2.44 bits per heavy atom. The van der Waals surface area contributed by atoms with Crippen molar-refractivity contribution in [2.45, 2.75) is 0 Å². The number of aromatic nitrogens is 1. The summed E-state index contributed by atoms with van der Waals surface area (Å²) in [5.41, 5.74) is -0.113. The van der Waals surface area contributed by atoms with Gasteiger partial charge in [-0.25, -0.2) is 0 Å². The highest BCUT2D eigenvalue weighted by atomic mass is 79.9. The summed E-state index contributed by atoms with van der Waals surface area (Å²) < 4.78 is 2.33. The molecule has 1 rings (SSSR count). The molecule has 0 amide bonds. The lowest BCUT2D eigenvalue weighted by Crippen LogP contribution is -2.13. The summed E-state index contributed by atoms with van der Waals surface area (Å²) in [5, 5.41) is 0. The second kappa shape index (κ2) is 2.35. The van der Waals surface area contributed by atoms with Crippen LogP contribution >= 0.6 is 15.9 Å². The third-order valence-corrected chi connectivity index (χ3v) is 1.40. The molecule has 1 heterocycles. The van der Waals surface area contributed by atoms with Crippen LogP contribution in [0.3, 0.4) is 0 Å². The minimum absolute atomic E-state index is 0.113. The Hall–Kier alpha value is -0.570. The van der Waals surface area contributed by atoms with Gasteiger partial charge in [-0.2, -0.15) is 0 Å². The Kier molecular flexibility index (Phi) is 1.71. The highest BCUT2D eigenvalue weighted by Gasteiger charge is 1.88. The van der Waals surface area contributed by atoms with Gasteiger partial charge in [-0.3, -0.25) is 4.79 Å². The van der Waals surface area contributed by atoms with Crippen LogP contribution in [0.4, 0.5) is 0 Å². The predicted octanol–water partition coefficient (Wildman–Crippen LogP) is 0.948. The van der Waals surface area contributed by atoms with Gasteiger partial charge in [0.25, 0.3) is 5.56 Å². The van der Waals surface area contributed by atoms with Crippen LogP contribution in [0.5, 0.6) is 0 Å². The van der Waals surface area contributed by atoms with Gasteiger partial charge in [0.15, 0.2) is 0 Å². The van der Waals surface area contributed by atoms with E-state index in [2.05, 4.69) is 22.0 Å². The van der Waals surface area contributed by atoms with Crippen LogP contribution in [0, 0.1) is 6.07 Å². The molecule has 0 N–H and O–H groups in total. The zero-order chi connectivity index (χ0) is 6.85. The zero-order valence-corrected chi connectivity index (χ0v) is 6.47. The number of hydrogen-bond acceptors (Lipinski definition) is 1. The molecule has 0 spiro atoms. The van der Waals surface area contributed by atoms with Gasteiger partial charge in [0, 0.05) is 17.7 Å². The van der Waals surface area contributed by atoms with Gasteiger partial charge in [-0.15, -0.1) is 0 Å². The first-order valence-corrected chi connectivity index (χ1v) is 3.23. The summed E-state index contributed by atoms with van der Waals surface area (Å²) >= 11 is 3.21. The molecule has 0 aromatic carbocycles. The van der Waals surface area contributed by atoms with Gasteiger partial charge in [-0.1, -0.05) is 0 Å². The molecule has 0 aliphatic rings. The van der Waals surface area contributed by atoms with E-state index in [1.165, 1.54) is 4.57 Å². The molecule has 9 heavy (non-hydrogen) atoms. The van der Waals surface area contributed by atoms with Crippen molar-refractivity contribution < 1.29 is 0 Å². The van der Waals surface area contributed by atoms with Crippen molar-refractivity contribution in [3.8, 4) is 0 Å². The maximum absolute atomic E-state index is 10.7. The van der Waals surface area contributed by atoms with Crippen LogP contribution in [0.2, 0.25) is 0 Å². The van der Waals surface area contributed by atoms with Crippen molar-refractivity contribution in [2.75, 3.05) is 0 Å². The third-order valence-electron chi connectivity index (χ3n) is 0.971. The van der Waals surface area contributed by atoms with Crippen molar-refractivity contribution in [2.24, 2.45) is 7.05 Å². The summed E-state index contributed by atoms with van der Waals surface area (Å²) in [6.45, 7) is 0. The molecule has 0 aliphatic carbocycles. The molecule has 1 aromatic rings. The normalized spacial score (nSPS) is 9.56. The smallest absolute Gasteiger partial charge is 0.258 e. The van der Waals surface area contributed by atoms with Crippen molar-refractivity contribution in [3.05, 3.63) is 33.2 Å². The van der Waals surface area contributed by atoms with Crippen LogP contribution in [0.1, 0.15) is 0 Å². The first-order valence-electron chi connectivity index (χ1n) is 2.44. The molecule has 1 aromatic heterocycles. The average Bonchev–Trinajstić information content (AvgIpc) is 1.80. The summed E-state index contributed by atoms with van der Waals surface area (Å²) in [7, 11) is 1.68. The molecule has 0 saturated heterocycles. The number of halogens is 1. The zero-order valence-electron chi connectivity index (χ0n) is 4.89. The lowest BCUT2D eigenvalue weighted by Gasteiger charge is -1.93.